The summed E-state index contributed by atoms with van der Waals surface area (Å²) >= 11 is 14.3. The number of ether oxygens (including phenoxy) is 1. The van der Waals surface area contributed by atoms with E-state index < -0.39 is 5.97 Å². The van der Waals surface area contributed by atoms with Gasteiger partial charge in [0.25, 0.3) is 5.56 Å². The molecule has 6 rings (SSSR count). The van der Waals surface area contributed by atoms with Crippen molar-refractivity contribution in [1.29, 1.82) is 0 Å². The molecule has 1 unspecified atom stereocenters. The van der Waals surface area contributed by atoms with E-state index in [-0.39, 0.29) is 11.6 Å². The molecule has 2 heterocycles. The average molecular weight is 547 g/mol. The number of esters is 1. The second kappa shape index (κ2) is 9.45. The van der Waals surface area contributed by atoms with Gasteiger partial charge in [-0.05, 0) is 65.4 Å². The van der Waals surface area contributed by atoms with Gasteiger partial charge in [-0.2, -0.15) is 0 Å². The zero-order chi connectivity index (χ0) is 25.7. The summed E-state index contributed by atoms with van der Waals surface area (Å²) in [7, 11) is 1.35. The van der Waals surface area contributed by atoms with Crippen LogP contribution in [0.2, 0.25) is 10.0 Å². The molecule has 4 aromatic rings. The van der Waals surface area contributed by atoms with Gasteiger partial charge in [0.1, 0.15) is 0 Å². The van der Waals surface area contributed by atoms with E-state index in [9.17, 15) is 9.59 Å². The molecule has 5 nitrogen and oxygen atoms in total. The molecule has 0 saturated carbocycles. The van der Waals surface area contributed by atoms with Crippen LogP contribution in [-0.4, -0.2) is 17.6 Å². The molecular formula is C29H20Cl2N2O3S. The Balaban J connectivity index is 1.57. The van der Waals surface area contributed by atoms with Crippen molar-refractivity contribution in [1.82, 2.24) is 4.57 Å². The lowest BCUT2D eigenvalue weighted by Gasteiger charge is -2.31. The first-order chi connectivity index (χ1) is 17.9. The highest BCUT2D eigenvalue weighted by atomic mass is 35.5. The first-order valence-electron chi connectivity index (χ1n) is 11.7. The molecule has 1 atom stereocenters. The number of aryl methyl sites for hydroxylation is 1. The number of hydrogen-bond donors (Lipinski definition) is 0. The summed E-state index contributed by atoms with van der Waals surface area (Å²) in [6.45, 7) is 0. The second-order valence-corrected chi connectivity index (χ2v) is 10.7. The third-order valence-corrected chi connectivity index (χ3v) is 8.30. The van der Waals surface area contributed by atoms with E-state index in [1.54, 1.807) is 41.0 Å². The fourth-order valence-electron chi connectivity index (χ4n) is 5.01. The fraction of sp³-hybridized carbons (Fsp3) is 0.138. The Kier molecular flexibility index (Phi) is 6.11. The fourth-order valence-corrected chi connectivity index (χ4v) is 6.52. The largest absolute Gasteiger partial charge is 0.465 e. The summed E-state index contributed by atoms with van der Waals surface area (Å²) in [4.78, 5) is 31.3. The molecule has 184 valence electrons. The highest BCUT2D eigenvalue weighted by molar-refractivity contribution is 7.07. The standard InChI is InChI=1S/C29H20Cl2N2O3S/c1-36-28(35)18-8-6-16(7-9-18)14-24-27(34)33-26(21-13-11-19(30)15-23(21)31)22-12-10-17-4-2-3-5-20(17)25(22)32-29(33)37-24/h2-9,11,13-15,26H,10,12H2,1H3/b24-14-. The van der Waals surface area contributed by atoms with Crippen LogP contribution in [0.1, 0.15) is 45.1 Å². The van der Waals surface area contributed by atoms with Crippen molar-refractivity contribution in [3.63, 3.8) is 0 Å². The number of hydrogen-bond acceptors (Lipinski definition) is 5. The topological polar surface area (TPSA) is 60.7 Å². The summed E-state index contributed by atoms with van der Waals surface area (Å²) in [5.74, 6) is -0.406. The lowest BCUT2D eigenvalue weighted by Crippen LogP contribution is -2.38. The maximum Gasteiger partial charge on any atom is 0.337 e. The number of aromatic nitrogens is 1. The molecule has 0 spiro atoms. The molecule has 8 heteroatoms. The van der Waals surface area contributed by atoms with Gasteiger partial charge in [0.15, 0.2) is 4.80 Å². The summed E-state index contributed by atoms with van der Waals surface area (Å²) in [5.41, 5.74) is 6.26. The van der Waals surface area contributed by atoms with Gasteiger partial charge in [0.05, 0.1) is 28.9 Å². The van der Waals surface area contributed by atoms with Crippen LogP contribution in [0.3, 0.4) is 0 Å². The number of rotatable bonds is 3. The Labute approximate surface area is 226 Å². The molecule has 0 saturated heterocycles. The molecule has 0 N–H and O–H groups in total. The van der Waals surface area contributed by atoms with Crippen LogP contribution < -0.4 is 14.9 Å². The molecule has 0 amide bonds. The Morgan fingerprint density at radius 3 is 2.62 bits per heavy atom. The van der Waals surface area contributed by atoms with E-state index >= 15 is 0 Å². The summed E-state index contributed by atoms with van der Waals surface area (Å²) in [6.07, 6.45) is 3.46. The summed E-state index contributed by atoms with van der Waals surface area (Å²) in [5, 5.41) is 1.05. The van der Waals surface area contributed by atoms with Gasteiger partial charge >= 0.3 is 5.97 Å². The SMILES string of the molecule is COC(=O)c1ccc(/C=c2\sc3n(c2=O)C(c2ccc(Cl)cc2Cl)C2=C(N=3)c3ccccc3CC2)cc1. The minimum atomic E-state index is -0.406. The maximum atomic E-state index is 13.8. The van der Waals surface area contributed by atoms with E-state index in [2.05, 4.69) is 12.1 Å². The molecule has 1 aliphatic heterocycles. The Morgan fingerprint density at radius 2 is 1.86 bits per heavy atom. The molecule has 37 heavy (non-hydrogen) atoms. The molecule has 1 aromatic heterocycles. The van der Waals surface area contributed by atoms with Crippen LogP contribution in [0.15, 0.2) is 82.1 Å². The summed E-state index contributed by atoms with van der Waals surface area (Å²) in [6, 6.07) is 20.3. The van der Waals surface area contributed by atoms with Crippen LogP contribution in [0.4, 0.5) is 0 Å². The number of halogens is 2. The Bertz CT molecular complexity index is 1790. The highest BCUT2D eigenvalue weighted by Crippen LogP contribution is 2.43. The smallest absolute Gasteiger partial charge is 0.337 e. The number of thiazole rings is 1. The maximum absolute atomic E-state index is 13.8. The van der Waals surface area contributed by atoms with E-state index in [0.29, 0.717) is 24.9 Å². The van der Waals surface area contributed by atoms with Crippen LogP contribution in [-0.2, 0) is 11.2 Å². The lowest BCUT2D eigenvalue weighted by atomic mass is 9.83. The van der Waals surface area contributed by atoms with Gasteiger partial charge in [-0.25, -0.2) is 9.79 Å². The molecule has 1 aliphatic carbocycles. The number of benzene rings is 3. The number of allylic oxidation sites excluding steroid dienone is 1. The van der Waals surface area contributed by atoms with Crippen molar-refractivity contribution in [2.24, 2.45) is 4.99 Å². The number of carbonyl (C=O) groups excluding carboxylic acids is 1. The number of fused-ring (bicyclic) bond motifs is 3. The van der Waals surface area contributed by atoms with E-state index in [1.807, 2.05) is 24.3 Å². The predicted molar refractivity (Wildman–Crippen MR) is 147 cm³/mol. The Hall–Kier alpha value is -3.45. The number of nitrogens with zero attached hydrogens (tertiary/aromatic N) is 2. The van der Waals surface area contributed by atoms with Crippen molar-refractivity contribution in [3.05, 3.63) is 130 Å². The van der Waals surface area contributed by atoms with E-state index in [1.165, 1.54) is 24.0 Å². The first kappa shape index (κ1) is 23.9. The molecule has 3 aromatic carbocycles. The minimum absolute atomic E-state index is 0.137. The van der Waals surface area contributed by atoms with Gasteiger partial charge in [-0.15, -0.1) is 0 Å². The van der Waals surface area contributed by atoms with Gasteiger partial charge < -0.3 is 4.74 Å². The van der Waals surface area contributed by atoms with Crippen LogP contribution in [0, 0.1) is 0 Å². The van der Waals surface area contributed by atoms with Crippen molar-refractivity contribution >= 4 is 52.3 Å². The molecule has 2 aliphatic rings. The lowest BCUT2D eigenvalue weighted by molar-refractivity contribution is 0.0600. The minimum Gasteiger partial charge on any atom is -0.465 e. The van der Waals surface area contributed by atoms with Crippen LogP contribution in [0.25, 0.3) is 11.8 Å². The number of methoxy groups -OCH3 is 1. The van der Waals surface area contributed by atoms with Crippen molar-refractivity contribution in [2.45, 2.75) is 18.9 Å². The van der Waals surface area contributed by atoms with E-state index in [4.69, 9.17) is 32.9 Å². The van der Waals surface area contributed by atoms with Gasteiger partial charge in [-0.1, -0.05) is 77.0 Å². The van der Waals surface area contributed by atoms with Gasteiger partial charge in [-0.3, -0.25) is 9.36 Å². The monoisotopic (exact) mass is 546 g/mol. The second-order valence-electron chi connectivity index (χ2n) is 8.89. The Morgan fingerprint density at radius 1 is 1.08 bits per heavy atom. The number of carbonyl (C=O) groups is 1. The zero-order valence-corrected chi connectivity index (χ0v) is 22.0. The highest BCUT2D eigenvalue weighted by Gasteiger charge is 2.33. The predicted octanol–water partition coefficient (Wildman–Crippen LogP) is 5.41. The van der Waals surface area contributed by atoms with E-state index in [0.717, 1.165) is 40.8 Å². The molecule has 0 fully saturated rings. The van der Waals surface area contributed by atoms with Gasteiger partial charge in [0, 0.05) is 15.6 Å². The molecule has 0 radical (unpaired) electrons. The van der Waals surface area contributed by atoms with Crippen LogP contribution >= 0.6 is 34.5 Å². The normalized spacial score (nSPS) is 16.5. The van der Waals surface area contributed by atoms with Crippen molar-refractivity contribution in [3.8, 4) is 0 Å². The zero-order valence-electron chi connectivity index (χ0n) is 19.7. The molecular weight excluding hydrogens is 527 g/mol. The average Bonchev–Trinajstić information content (AvgIpc) is 3.22. The quantitative estimate of drug-likeness (QED) is 0.322. The summed E-state index contributed by atoms with van der Waals surface area (Å²) < 4.78 is 7.07. The van der Waals surface area contributed by atoms with Gasteiger partial charge in [0.2, 0.25) is 0 Å². The third-order valence-electron chi connectivity index (χ3n) is 6.76. The van der Waals surface area contributed by atoms with Crippen molar-refractivity contribution < 1.29 is 9.53 Å². The van der Waals surface area contributed by atoms with Crippen molar-refractivity contribution in [2.75, 3.05) is 7.11 Å². The molecule has 0 bridgehead atoms. The third kappa shape index (κ3) is 4.15. The first-order valence-corrected chi connectivity index (χ1v) is 13.3. The van der Waals surface area contributed by atoms with Crippen LogP contribution in [0.5, 0.6) is 0 Å².